The Bertz CT molecular complexity index is 557. The molecule has 2 rings (SSSR count). The first kappa shape index (κ1) is 9.21. The van der Waals surface area contributed by atoms with Crippen molar-refractivity contribution in [3.63, 3.8) is 0 Å². The van der Waals surface area contributed by atoms with Crippen LogP contribution in [0.2, 0.25) is 0 Å². The highest BCUT2D eigenvalue weighted by atomic mass is 32.2. The Balaban J connectivity index is 2.44. The third kappa shape index (κ3) is 1.93. The molecule has 0 aliphatic carbocycles. The monoisotopic (exact) mass is 210 g/mol. The molecule has 0 unspecified atom stereocenters. The molecule has 0 saturated carbocycles. The molecule has 0 aromatic carbocycles. The second-order valence-electron chi connectivity index (χ2n) is 3.31. The van der Waals surface area contributed by atoms with Crippen molar-refractivity contribution in [1.82, 2.24) is 9.61 Å². The van der Waals surface area contributed by atoms with Gasteiger partial charge >= 0.3 is 0 Å². The van der Waals surface area contributed by atoms with E-state index < -0.39 is 9.84 Å². The fraction of sp³-hybridized carbons (Fsp3) is 0.222. The standard InChI is InChI=1S/C9H10N2O2S/c1-14(12,13)7-8-2-3-9-4-5-10-11(9)6-8/h2-6H,7H2,1H3. The molecule has 2 heterocycles. The first-order valence-corrected chi connectivity index (χ1v) is 6.21. The summed E-state index contributed by atoms with van der Waals surface area (Å²) in [5, 5.41) is 4.03. The van der Waals surface area contributed by atoms with Gasteiger partial charge in [0.15, 0.2) is 9.84 Å². The van der Waals surface area contributed by atoms with Crippen LogP contribution < -0.4 is 0 Å². The van der Waals surface area contributed by atoms with E-state index in [0.717, 1.165) is 11.1 Å². The maximum Gasteiger partial charge on any atom is 0.151 e. The summed E-state index contributed by atoms with van der Waals surface area (Å²) < 4.78 is 23.8. The Hall–Kier alpha value is -1.36. The SMILES string of the molecule is CS(=O)(=O)Cc1ccc2ccnn2c1. The summed E-state index contributed by atoms with van der Waals surface area (Å²) in [5.74, 6) is 0.0583. The normalized spacial score (nSPS) is 12.1. The van der Waals surface area contributed by atoms with Gasteiger partial charge in [0.1, 0.15) is 0 Å². The number of hydrogen-bond donors (Lipinski definition) is 0. The number of nitrogens with zero attached hydrogens (tertiary/aromatic N) is 2. The van der Waals surface area contributed by atoms with Crippen LogP contribution in [-0.2, 0) is 15.6 Å². The average molecular weight is 210 g/mol. The van der Waals surface area contributed by atoms with E-state index in [1.54, 1.807) is 23.0 Å². The fourth-order valence-corrected chi connectivity index (χ4v) is 2.12. The van der Waals surface area contributed by atoms with Crippen LogP contribution in [0, 0.1) is 0 Å². The summed E-state index contributed by atoms with van der Waals surface area (Å²) in [6.45, 7) is 0. The van der Waals surface area contributed by atoms with E-state index in [2.05, 4.69) is 5.10 Å². The van der Waals surface area contributed by atoms with Crippen molar-refractivity contribution < 1.29 is 8.42 Å². The molecule has 4 nitrogen and oxygen atoms in total. The van der Waals surface area contributed by atoms with Crippen molar-refractivity contribution in [1.29, 1.82) is 0 Å². The summed E-state index contributed by atoms with van der Waals surface area (Å²) in [4.78, 5) is 0. The lowest BCUT2D eigenvalue weighted by Gasteiger charge is -1.99. The van der Waals surface area contributed by atoms with Gasteiger partial charge in [-0.1, -0.05) is 6.07 Å². The third-order valence-electron chi connectivity index (χ3n) is 1.89. The fourth-order valence-electron chi connectivity index (χ4n) is 1.34. The summed E-state index contributed by atoms with van der Waals surface area (Å²) >= 11 is 0. The Morgan fingerprint density at radius 3 is 2.86 bits per heavy atom. The molecule has 0 atom stereocenters. The first-order chi connectivity index (χ1) is 6.54. The second-order valence-corrected chi connectivity index (χ2v) is 5.45. The highest BCUT2D eigenvalue weighted by Crippen LogP contribution is 2.08. The van der Waals surface area contributed by atoms with Gasteiger partial charge in [-0.2, -0.15) is 5.10 Å². The Morgan fingerprint density at radius 2 is 2.14 bits per heavy atom. The number of fused-ring (bicyclic) bond motifs is 1. The van der Waals surface area contributed by atoms with Crippen molar-refractivity contribution in [2.45, 2.75) is 5.75 Å². The van der Waals surface area contributed by atoms with Crippen molar-refractivity contribution in [3.8, 4) is 0 Å². The minimum atomic E-state index is -2.97. The molecule has 0 bridgehead atoms. The molecule has 5 heteroatoms. The number of hydrogen-bond acceptors (Lipinski definition) is 3. The number of rotatable bonds is 2. The molecular formula is C9H10N2O2S. The largest absolute Gasteiger partial charge is 0.241 e. The van der Waals surface area contributed by atoms with Crippen LogP contribution in [0.3, 0.4) is 0 Å². The Morgan fingerprint density at radius 1 is 1.36 bits per heavy atom. The smallest absolute Gasteiger partial charge is 0.151 e. The lowest BCUT2D eigenvalue weighted by molar-refractivity contribution is 0.601. The van der Waals surface area contributed by atoms with Gasteiger partial charge in [-0.3, -0.25) is 0 Å². The van der Waals surface area contributed by atoms with E-state index in [-0.39, 0.29) is 5.75 Å². The van der Waals surface area contributed by atoms with Gasteiger partial charge < -0.3 is 0 Å². The van der Waals surface area contributed by atoms with E-state index in [1.165, 1.54) is 6.26 Å². The molecule has 14 heavy (non-hydrogen) atoms. The van der Waals surface area contributed by atoms with Crippen LogP contribution >= 0.6 is 0 Å². The molecule has 0 amide bonds. The molecule has 0 radical (unpaired) electrons. The van der Waals surface area contributed by atoms with E-state index in [4.69, 9.17) is 0 Å². The maximum atomic E-state index is 11.0. The van der Waals surface area contributed by atoms with Crippen LogP contribution in [0.4, 0.5) is 0 Å². The zero-order chi connectivity index (χ0) is 10.2. The highest BCUT2D eigenvalue weighted by molar-refractivity contribution is 7.89. The molecule has 74 valence electrons. The zero-order valence-corrected chi connectivity index (χ0v) is 8.53. The van der Waals surface area contributed by atoms with E-state index >= 15 is 0 Å². The second kappa shape index (κ2) is 3.09. The van der Waals surface area contributed by atoms with Crippen molar-refractivity contribution in [2.24, 2.45) is 0 Å². The van der Waals surface area contributed by atoms with E-state index in [9.17, 15) is 8.42 Å². The number of aromatic nitrogens is 2. The summed E-state index contributed by atoms with van der Waals surface area (Å²) in [7, 11) is -2.97. The summed E-state index contributed by atoms with van der Waals surface area (Å²) in [6.07, 6.45) is 4.64. The predicted octanol–water partition coefficient (Wildman–Crippen LogP) is 0.879. The van der Waals surface area contributed by atoms with Crippen LogP contribution in [0.5, 0.6) is 0 Å². The maximum absolute atomic E-state index is 11.0. The van der Waals surface area contributed by atoms with Crippen LogP contribution in [0.1, 0.15) is 5.56 Å². The highest BCUT2D eigenvalue weighted by Gasteiger charge is 2.04. The first-order valence-electron chi connectivity index (χ1n) is 4.15. The molecule has 2 aromatic rings. The molecule has 0 N–H and O–H groups in total. The van der Waals surface area contributed by atoms with Gasteiger partial charge in [0, 0.05) is 18.6 Å². The number of pyridine rings is 1. The van der Waals surface area contributed by atoms with Crippen molar-refractivity contribution in [2.75, 3.05) is 6.26 Å². The lowest BCUT2D eigenvalue weighted by atomic mass is 10.3. The molecule has 0 saturated heterocycles. The quantitative estimate of drug-likeness (QED) is 0.739. The van der Waals surface area contributed by atoms with Crippen molar-refractivity contribution >= 4 is 15.4 Å². The van der Waals surface area contributed by atoms with Crippen molar-refractivity contribution in [3.05, 3.63) is 36.2 Å². The van der Waals surface area contributed by atoms with Gasteiger partial charge in [-0.15, -0.1) is 0 Å². The average Bonchev–Trinajstić information content (AvgIpc) is 2.47. The summed E-state index contributed by atoms with van der Waals surface area (Å²) in [6, 6.07) is 5.52. The third-order valence-corrected chi connectivity index (χ3v) is 2.74. The van der Waals surface area contributed by atoms with E-state index in [1.807, 2.05) is 12.1 Å². The minimum absolute atomic E-state index is 0.0583. The molecule has 0 spiro atoms. The van der Waals surface area contributed by atoms with Gasteiger partial charge in [-0.05, 0) is 17.7 Å². The predicted molar refractivity (Wildman–Crippen MR) is 53.7 cm³/mol. The van der Waals surface area contributed by atoms with Gasteiger partial charge in [0.25, 0.3) is 0 Å². The zero-order valence-electron chi connectivity index (χ0n) is 7.71. The Kier molecular flexibility index (Phi) is 2.03. The minimum Gasteiger partial charge on any atom is -0.241 e. The molecule has 0 aliphatic heterocycles. The Labute approximate surface area is 82.1 Å². The molecule has 2 aromatic heterocycles. The summed E-state index contributed by atoms with van der Waals surface area (Å²) in [5.41, 5.74) is 1.71. The molecule has 0 aliphatic rings. The van der Waals surface area contributed by atoms with Crippen LogP contribution in [-0.4, -0.2) is 24.3 Å². The van der Waals surface area contributed by atoms with E-state index in [0.29, 0.717) is 0 Å². The number of sulfone groups is 1. The van der Waals surface area contributed by atoms with Gasteiger partial charge in [0.2, 0.25) is 0 Å². The van der Waals surface area contributed by atoms with Crippen LogP contribution in [0.25, 0.3) is 5.52 Å². The molecular weight excluding hydrogens is 200 g/mol. The van der Waals surface area contributed by atoms with Gasteiger partial charge in [-0.25, -0.2) is 12.9 Å². The molecule has 0 fully saturated rings. The topological polar surface area (TPSA) is 51.4 Å². The van der Waals surface area contributed by atoms with Gasteiger partial charge in [0.05, 0.1) is 11.3 Å². The van der Waals surface area contributed by atoms with Crippen LogP contribution in [0.15, 0.2) is 30.6 Å². The lowest BCUT2D eigenvalue weighted by Crippen LogP contribution is -2.02.